The summed E-state index contributed by atoms with van der Waals surface area (Å²) in [5.74, 6) is -4.72. The van der Waals surface area contributed by atoms with Gasteiger partial charge in [0.05, 0.1) is 11.8 Å². The average Bonchev–Trinajstić information content (AvgIpc) is 3.05. The number of unbranched alkanes of at least 4 members (excludes halogenated alkanes) is 13. The number of nitrogens with one attached hydrogen (secondary N) is 2. The smallest absolute Gasteiger partial charge is 0.481 e. The van der Waals surface area contributed by atoms with Crippen LogP contribution in [-0.2, 0) is 19.2 Å². The number of amides is 2. The molecule has 0 bridgehead atoms. The van der Waals surface area contributed by atoms with E-state index in [-0.39, 0.29) is 49.3 Å². The van der Waals surface area contributed by atoms with Crippen molar-refractivity contribution in [3.8, 4) is 0 Å². The number of hydrogen-bond donors (Lipinski definition) is 6. The number of ketones is 1. The fraction of sp³-hybridized carbons (Fsp3) is 0.694. The number of carboxylic acid groups (broad SMARTS) is 2. The summed E-state index contributed by atoms with van der Waals surface area (Å²) < 4.78 is 13.8. The van der Waals surface area contributed by atoms with Gasteiger partial charge in [-0.1, -0.05) is 90.0 Å². The van der Waals surface area contributed by atoms with Gasteiger partial charge in [0.2, 0.25) is 5.91 Å². The molecule has 0 fully saturated rings. The molecule has 2 amide bonds. The van der Waals surface area contributed by atoms with Gasteiger partial charge in [-0.2, -0.15) is 0 Å². The van der Waals surface area contributed by atoms with Gasteiger partial charge in [-0.05, 0) is 44.2 Å². The minimum Gasteiger partial charge on any atom is -0.481 e. The number of carbonyl (C=O) groups excluding carboxylic acids is 3. The third-order valence-corrected chi connectivity index (χ3v) is 8.81. The summed E-state index contributed by atoms with van der Waals surface area (Å²) in [4.78, 5) is 59.0. The van der Waals surface area contributed by atoms with Crippen LogP contribution in [0.5, 0.6) is 0 Å². The topological polar surface area (TPSA) is 190 Å². The molecule has 11 nitrogen and oxygen atoms in total. The number of halogens is 1. The van der Waals surface area contributed by atoms with E-state index in [1.165, 1.54) is 37.8 Å². The van der Waals surface area contributed by atoms with Crippen LogP contribution in [0.1, 0.15) is 147 Å². The van der Waals surface area contributed by atoms with Crippen molar-refractivity contribution in [1.82, 2.24) is 10.6 Å². The molecule has 0 aliphatic rings. The molecule has 278 valence electrons. The Kier molecular flexibility index (Phi) is 23.7. The minimum atomic E-state index is -1.92. The zero-order valence-electron chi connectivity index (χ0n) is 29.2. The normalized spacial score (nSPS) is 12.2. The van der Waals surface area contributed by atoms with Crippen molar-refractivity contribution >= 4 is 42.1 Å². The second-order valence-electron chi connectivity index (χ2n) is 13.1. The highest BCUT2D eigenvalue weighted by Gasteiger charge is 2.22. The molecule has 13 heteroatoms. The van der Waals surface area contributed by atoms with Crippen molar-refractivity contribution in [2.75, 3.05) is 13.1 Å². The zero-order chi connectivity index (χ0) is 36.4. The number of rotatable bonds is 30. The number of benzene rings is 1. The van der Waals surface area contributed by atoms with Gasteiger partial charge >= 0.3 is 19.1 Å². The van der Waals surface area contributed by atoms with Crippen molar-refractivity contribution in [2.45, 2.75) is 135 Å². The van der Waals surface area contributed by atoms with Crippen molar-refractivity contribution in [3.05, 3.63) is 29.6 Å². The van der Waals surface area contributed by atoms with Gasteiger partial charge in [0, 0.05) is 44.8 Å². The third kappa shape index (κ3) is 21.4. The van der Waals surface area contributed by atoms with E-state index in [2.05, 4.69) is 10.6 Å². The Bertz CT molecular complexity index is 1160. The van der Waals surface area contributed by atoms with Crippen molar-refractivity contribution in [1.29, 1.82) is 0 Å². The molecule has 0 saturated carbocycles. The van der Waals surface area contributed by atoms with Crippen LogP contribution < -0.4 is 16.1 Å². The van der Waals surface area contributed by atoms with E-state index in [9.17, 15) is 33.5 Å². The van der Waals surface area contributed by atoms with Gasteiger partial charge in [-0.3, -0.25) is 24.0 Å². The lowest BCUT2D eigenvalue weighted by molar-refractivity contribution is -0.144. The Balaban J connectivity index is 0.0000240. The quantitative estimate of drug-likeness (QED) is 0.0453. The van der Waals surface area contributed by atoms with E-state index in [0.29, 0.717) is 38.8 Å². The second kappa shape index (κ2) is 26.5. The Morgan fingerprint density at radius 1 is 0.714 bits per heavy atom. The fourth-order valence-electron chi connectivity index (χ4n) is 5.58. The second-order valence-corrected chi connectivity index (χ2v) is 13.1. The van der Waals surface area contributed by atoms with Crippen LogP contribution in [0.15, 0.2) is 18.2 Å². The zero-order valence-corrected chi connectivity index (χ0v) is 29.2. The molecule has 2 atom stereocenters. The summed E-state index contributed by atoms with van der Waals surface area (Å²) in [7, 11) is -1.92. The fourth-order valence-corrected chi connectivity index (χ4v) is 5.58. The first-order valence-corrected chi connectivity index (χ1v) is 18.1. The number of aliphatic carboxylic acids is 2. The number of hydrogen-bond acceptors (Lipinski definition) is 7. The standard InChI is InChI=1S/C36H58BFN2O9.H2/c1-27(35(44)45)17-14-16-23-39-33(42)22-20-29(36(46)47)25-30(41)18-13-11-9-7-5-3-2-4-6-8-10-12-15-24-40-34(43)28-19-21-31(37(48)49)32(38)26-28;/h19,21,26-27,29,48-49H,2-18,20,22-25H2,1H3,(H,39,42)(H,40,43)(H,44,45)(H,46,47);1H/t27-,29+;/m0./s1. The summed E-state index contributed by atoms with van der Waals surface area (Å²) >= 11 is 0. The first-order chi connectivity index (χ1) is 23.4. The van der Waals surface area contributed by atoms with Crippen LogP contribution in [0.3, 0.4) is 0 Å². The molecule has 0 aliphatic carbocycles. The average molecular weight is 695 g/mol. The summed E-state index contributed by atoms with van der Waals surface area (Å²) in [6, 6.07) is 3.56. The number of Topliss-reactive ketones (excluding diaryl/α,β-unsaturated/α-hetero) is 1. The van der Waals surface area contributed by atoms with Crippen LogP contribution in [0, 0.1) is 17.7 Å². The van der Waals surface area contributed by atoms with E-state index in [0.717, 1.165) is 63.9 Å². The van der Waals surface area contributed by atoms with Gasteiger partial charge < -0.3 is 30.9 Å². The number of carboxylic acids is 2. The van der Waals surface area contributed by atoms with Gasteiger partial charge in [0.25, 0.3) is 5.91 Å². The largest absolute Gasteiger partial charge is 0.491 e. The van der Waals surface area contributed by atoms with Gasteiger partial charge in [0.15, 0.2) is 0 Å². The highest BCUT2D eigenvalue weighted by Crippen LogP contribution is 2.17. The van der Waals surface area contributed by atoms with Crippen LogP contribution >= 0.6 is 0 Å². The molecule has 0 radical (unpaired) electrons. The maximum Gasteiger partial charge on any atom is 0.491 e. The Labute approximate surface area is 292 Å². The highest BCUT2D eigenvalue weighted by atomic mass is 19.1. The Morgan fingerprint density at radius 2 is 1.24 bits per heavy atom. The molecule has 1 aromatic carbocycles. The summed E-state index contributed by atoms with van der Waals surface area (Å²) in [5, 5.41) is 42.0. The Morgan fingerprint density at radius 3 is 1.78 bits per heavy atom. The molecule has 0 spiro atoms. The summed E-state index contributed by atoms with van der Waals surface area (Å²) in [6.07, 6.45) is 16.2. The van der Waals surface area contributed by atoms with Crippen LogP contribution in [0.25, 0.3) is 0 Å². The lowest BCUT2D eigenvalue weighted by Crippen LogP contribution is -2.33. The lowest BCUT2D eigenvalue weighted by Gasteiger charge is -2.12. The van der Waals surface area contributed by atoms with Gasteiger partial charge in [-0.15, -0.1) is 0 Å². The minimum absolute atomic E-state index is 0. The maximum absolute atomic E-state index is 13.8. The van der Waals surface area contributed by atoms with E-state index >= 15 is 0 Å². The van der Waals surface area contributed by atoms with Gasteiger partial charge in [-0.25, -0.2) is 4.39 Å². The third-order valence-electron chi connectivity index (χ3n) is 8.81. The summed E-state index contributed by atoms with van der Waals surface area (Å²) in [5.41, 5.74) is -0.121. The Hall–Kier alpha value is -3.32. The van der Waals surface area contributed by atoms with Crippen LogP contribution in [0.4, 0.5) is 4.39 Å². The molecule has 49 heavy (non-hydrogen) atoms. The molecule has 0 saturated heterocycles. The molecule has 0 aromatic heterocycles. The molecule has 0 heterocycles. The predicted molar refractivity (Wildman–Crippen MR) is 189 cm³/mol. The van der Waals surface area contributed by atoms with Crippen molar-refractivity contribution in [3.63, 3.8) is 0 Å². The van der Waals surface area contributed by atoms with E-state index in [1.54, 1.807) is 6.92 Å². The molecular weight excluding hydrogens is 634 g/mol. The van der Waals surface area contributed by atoms with Crippen LogP contribution in [-0.4, -0.2) is 70.0 Å². The maximum atomic E-state index is 13.8. The predicted octanol–water partition coefficient (Wildman–Crippen LogP) is 5.39. The first-order valence-electron chi connectivity index (χ1n) is 18.1. The lowest BCUT2D eigenvalue weighted by atomic mass is 9.79. The summed E-state index contributed by atoms with van der Waals surface area (Å²) in [6.45, 7) is 2.56. The number of carbonyl (C=O) groups is 5. The van der Waals surface area contributed by atoms with Crippen molar-refractivity contribution < 1.29 is 50.1 Å². The van der Waals surface area contributed by atoms with Gasteiger partial charge in [0.1, 0.15) is 11.6 Å². The SMILES string of the molecule is C[C@@H](CCCCNC(=O)CC[C@H](CC(=O)CCCCCCCCCCCCCCCNC(=O)c1ccc(B(O)O)c(F)c1)C(=O)O)C(=O)O.[HH]. The highest BCUT2D eigenvalue weighted by molar-refractivity contribution is 6.58. The van der Waals surface area contributed by atoms with E-state index < -0.39 is 36.7 Å². The molecule has 1 rings (SSSR count). The monoisotopic (exact) mass is 694 g/mol. The molecular formula is C36H60BFN2O9. The first kappa shape index (κ1) is 43.7. The van der Waals surface area contributed by atoms with Crippen molar-refractivity contribution in [2.24, 2.45) is 11.8 Å². The molecule has 0 unspecified atom stereocenters. The van der Waals surface area contributed by atoms with Crippen LogP contribution in [0.2, 0.25) is 0 Å². The molecule has 0 aliphatic heterocycles. The molecule has 6 N–H and O–H groups in total. The van der Waals surface area contributed by atoms with E-state index in [4.69, 9.17) is 15.2 Å². The molecule has 1 aromatic rings. The van der Waals surface area contributed by atoms with E-state index in [1.807, 2.05) is 0 Å².